The number of aryl methyl sites for hydroxylation is 1. The Morgan fingerprint density at radius 3 is 2.06 bits per heavy atom. The SMILES string of the molecule is CC(=O)CCl.Cc1ccccc1C(C)C(C)C. The minimum Gasteiger partial charge on any atom is -0.299 e. The van der Waals surface area contributed by atoms with Gasteiger partial charge in [-0.15, -0.1) is 11.6 Å². The van der Waals surface area contributed by atoms with Crippen LogP contribution in [0.1, 0.15) is 44.7 Å². The summed E-state index contributed by atoms with van der Waals surface area (Å²) in [4.78, 5) is 9.68. The summed E-state index contributed by atoms with van der Waals surface area (Å²) >= 11 is 4.99. The maximum atomic E-state index is 9.68. The van der Waals surface area contributed by atoms with E-state index in [0.29, 0.717) is 5.92 Å². The molecule has 0 amide bonds. The van der Waals surface area contributed by atoms with Gasteiger partial charge in [0, 0.05) is 0 Å². The van der Waals surface area contributed by atoms with E-state index in [1.807, 2.05) is 0 Å². The van der Waals surface area contributed by atoms with Crippen LogP contribution < -0.4 is 0 Å². The van der Waals surface area contributed by atoms with Crippen molar-refractivity contribution in [1.29, 1.82) is 0 Å². The summed E-state index contributed by atoms with van der Waals surface area (Å²) in [6.07, 6.45) is 0. The second-order valence-corrected chi connectivity index (χ2v) is 4.99. The Kier molecular flexibility index (Phi) is 7.90. The van der Waals surface area contributed by atoms with Gasteiger partial charge in [-0.05, 0) is 36.8 Å². The Morgan fingerprint density at radius 1 is 1.24 bits per heavy atom. The fraction of sp³-hybridized carbons (Fsp3) is 0.533. The zero-order valence-corrected chi connectivity index (χ0v) is 12.2. The Labute approximate surface area is 110 Å². The van der Waals surface area contributed by atoms with Gasteiger partial charge in [-0.2, -0.15) is 0 Å². The van der Waals surface area contributed by atoms with Crippen molar-refractivity contribution in [3.8, 4) is 0 Å². The number of alkyl halides is 1. The molecule has 1 rings (SSSR count). The first-order valence-electron chi connectivity index (χ1n) is 6.01. The number of hydrogen-bond donors (Lipinski definition) is 0. The molecule has 0 heterocycles. The first kappa shape index (κ1) is 16.2. The van der Waals surface area contributed by atoms with Gasteiger partial charge >= 0.3 is 0 Å². The van der Waals surface area contributed by atoms with Gasteiger partial charge in [0.1, 0.15) is 5.78 Å². The maximum Gasteiger partial charge on any atom is 0.144 e. The predicted octanol–water partition coefficient (Wildman–Crippen LogP) is 4.57. The average Bonchev–Trinajstić information content (AvgIpc) is 2.29. The fourth-order valence-electron chi connectivity index (χ4n) is 1.46. The number of Topliss-reactive ketones (excluding diaryl/α,β-unsaturated/α-hetero) is 1. The van der Waals surface area contributed by atoms with Crippen LogP contribution in [0.25, 0.3) is 0 Å². The lowest BCUT2D eigenvalue weighted by Crippen LogP contribution is -2.03. The van der Waals surface area contributed by atoms with Gasteiger partial charge < -0.3 is 0 Å². The van der Waals surface area contributed by atoms with Gasteiger partial charge in [-0.1, -0.05) is 45.0 Å². The third-order valence-corrected chi connectivity index (χ3v) is 3.24. The molecule has 0 N–H and O–H groups in total. The van der Waals surface area contributed by atoms with E-state index in [2.05, 4.69) is 52.0 Å². The summed E-state index contributed by atoms with van der Waals surface area (Å²) in [5.41, 5.74) is 2.91. The standard InChI is InChI=1S/C12H18.C3H5ClO/c1-9(2)11(4)12-8-6-5-7-10(12)3;1-3(5)2-4/h5-9,11H,1-4H3;2H2,1H3. The minimum atomic E-state index is 0.0201. The average molecular weight is 255 g/mol. The quantitative estimate of drug-likeness (QED) is 0.723. The van der Waals surface area contributed by atoms with Crippen molar-refractivity contribution >= 4 is 17.4 Å². The van der Waals surface area contributed by atoms with Crippen molar-refractivity contribution in [3.05, 3.63) is 35.4 Å². The van der Waals surface area contributed by atoms with E-state index in [4.69, 9.17) is 11.6 Å². The lowest BCUT2D eigenvalue weighted by atomic mass is 9.88. The monoisotopic (exact) mass is 254 g/mol. The number of rotatable bonds is 3. The molecular formula is C15H23ClO. The molecule has 1 aromatic carbocycles. The highest BCUT2D eigenvalue weighted by molar-refractivity contribution is 6.27. The Bertz CT molecular complexity index is 345. The summed E-state index contributed by atoms with van der Waals surface area (Å²) in [7, 11) is 0. The van der Waals surface area contributed by atoms with Gasteiger partial charge in [-0.3, -0.25) is 4.79 Å². The first-order chi connectivity index (χ1) is 7.90. The van der Waals surface area contributed by atoms with Crippen molar-refractivity contribution in [1.82, 2.24) is 0 Å². The van der Waals surface area contributed by atoms with Crippen LogP contribution in [-0.4, -0.2) is 11.7 Å². The van der Waals surface area contributed by atoms with Crippen molar-refractivity contribution in [2.75, 3.05) is 5.88 Å². The zero-order valence-electron chi connectivity index (χ0n) is 11.5. The van der Waals surface area contributed by atoms with E-state index in [9.17, 15) is 4.79 Å². The molecule has 17 heavy (non-hydrogen) atoms. The van der Waals surface area contributed by atoms with Gasteiger partial charge in [0.05, 0.1) is 5.88 Å². The van der Waals surface area contributed by atoms with Crippen LogP contribution in [0.4, 0.5) is 0 Å². The highest BCUT2D eigenvalue weighted by atomic mass is 35.5. The lowest BCUT2D eigenvalue weighted by Gasteiger charge is -2.17. The molecule has 0 aromatic heterocycles. The van der Waals surface area contributed by atoms with Gasteiger partial charge in [0.15, 0.2) is 0 Å². The van der Waals surface area contributed by atoms with E-state index in [-0.39, 0.29) is 11.7 Å². The molecule has 0 bridgehead atoms. The number of benzene rings is 1. The number of halogens is 1. The van der Waals surface area contributed by atoms with Crippen molar-refractivity contribution < 1.29 is 4.79 Å². The van der Waals surface area contributed by atoms with Crippen LogP contribution in [-0.2, 0) is 4.79 Å². The van der Waals surface area contributed by atoms with Gasteiger partial charge in [-0.25, -0.2) is 0 Å². The molecular weight excluding hydrogens is 232 g/mol. The van der Waals surface area contributed by atoms with Crippen LogP contribution in [0.3, 0.4) is 0 Å². The highest BCUT2D eigenvalue weighted by Crippen LogP contribution is 2.25. The topological polar surface area (TPSA) is 17.1 Å². The highest BCUT2D eigenvalue weighted by Gasteiger charge is 2.10. The second kappa shape index (κ2) is 8.30. The smallest absolute Gasteiger partial charge is 0.144 e. The fourth-order valence-corrected chi connectivity index (χ4v) is 1.46. The summed E-state index contributed by atoms with van der Waals surface area (Å²) in [6, 6.07) is 8.65. The Balaban J connectivity index is 0.000000437. The normalized spacial score (nSPS) is 11.7. The maximum absolute atomic E-state index is 9.68. The molecule has 0 radical (unpaired) electrons. The van der Waals surface area contributed by atoms with Crippen LogP contribution >= 0.6 is 11.6 Å². The number of carbonyl (C=O) groups is 1. The molecule has 0 fully saturated rings. The van der Waals surface area contributed by atoms with Crippen LogP contribution in [0.5, 0.6) is 0 Å². The van der Waals surface area contributed by atoms with E-state index < -0.39 is 0 Å². The molecule has 0 saturated carbocycles. The molecule has 1 nitrogen and oxygen atoms in total. The number of hydrogen-bond acceptors (Lipinski definition) is 1. The van der Waals surface area contributed by atoms with Crippen molar-refractivity contribution in [2.45, 2.75) is 40.5 Å². The Hall–Kier alpha value is -0.820. The second-order valence-electron chi connectivity index (χ2n) is 4.72. The third-order valence-electron chi connectivity index (χ3n) is 2.87. The predicted molar refractivity (Wildman–Crippen MR) is 75.8 cm³/mol. The van der Waals surface area contributed by atoms with Gasteiger partial charge in [0.25, 0.3) is 0 Å². The molecule has 0 aliphatic rings. The largest absolute Gasteiger partial charge is 0.299 e. The molecule has 0 saturated heterocycles. The van der Waals surface area contributed by atoms with E-state index >= 15 is 0 Å². The van der Waals surface area contributed by atoms with Crippen molar-refractivity contribution in [3.63, 3.8) is 0 Å². The molecule has 1 atom stereocenters. The lowest BCUT2D eigenvalue weighted by molar-refractivity contribution is -0.114. The first-order valence-corrected chi connectivity index (χ1v) is 6.54. The molecule has 0 spiro atoms. The third kappa shape index (κ3) is 6.48. The van der Waals surface area contributed by atoms with Crippen LogP contribution in [0.2, 0.25) is 0 Å². The minimum absolute atomic E-state index is 0.0201. The summed E-state index contributed by atoms with van der Waals surface area (Å²) in [5.74, 6) is 1.56. The van der Waals surface area contributed by atoms with E-state index in [1.54, 1.807) is 0 Å². The van der Waals surface area contributed by atoms with Crippen LogP contribution in [0, 0.1) is 12.8 Å². The summed E-state index contributed by atoms with van der Waals surface area (Å²) in [6.45, 7) is 10.5. The number of carbonyl (C=O) groups excluding carboxylic acids is 1. The number of ketones is 1. The van der Waals surface area contributed by atoms with E-state index in [1.165, 1.54) is 18.1 Å². The zero-order chi connectivity index (χ0) is 13.4. The summed E-state index contributed by atoms with van der Waals surface area (Å²) < 4.78 is 0. The van der Waals surface area contributed by atoms with Gasteiger partial charge in [0.2, 0.25) is 0 Å². The molecule has 0 aliphatic carbocycles. The molecule has 2 heteroatoms. The molecule has 96 valence electrons. The molecule has 1 aromatic rings. The molecule has 1 unspecified atom stereocenters. The summed E-state index contributed by atoms with van der Waals surface area (Å²) in [5, 5.41) is 0. The Morgan fingerprint density at radius 2 is 1.71 bits per heavy atom. The van der Waals surface area contributed by atoms with Crippen LogP contribution in [0.15, 0.2) is 24.3 Å². The van der Waals surface area contributed by atoms with E-state index in [0.717, 1.165) is 5.92 Å². The molecule has 0 aliphatic heterocycles. The van der Waals surface area contributed by atoms with Crippen molar-refractivity contribution in [2.24, 2.45) is 5.92 Å².